The highest BCUT2D eigenvalue weighted by molar-refractivity contribution is 8.79. The molecule has 6 heteroatoms. The third-order valence-electron chi connectivity index (χ3n) is 4.05. The summed E-state index contributed by atoms with van der Waals surface area (Å²) in [7, 11) is 1.67. The van der Waals surface area contributed by atoms with Gasteiger partial charge in [0.2, 0.25) is 0 Å². The van der Waals surface area contributed by atoms with Crippen LogP contribution in [0.4, 0.5) is 5.69 Å². The van der Waals surface area contributed by atoms with Crippen molar-refractivity contribution in [2.45, 2.75) is 0 Å². The molecule has 26 heavy (non-hydrogen) atoms. The van der Waals surface area contributed by atoms with E-state index in [1.165, 1.54) is 0 Å². The molecule has 1 aliphatic rings. The average molecular weight is 396 g/mol. The SMILES string of the molecule is COc1ccc(P2(=S)SC(c3ccccc3)=NN2c2ccccc2)cc1. The second kappa shape index (κ2) is 7.28. The minimum absolute atomic E-state index is 0.829. The summed E-state index contributed by atoms with van der Waals surface area (Å²) >= 11 is 7.93. The van der Waals surface area contributed by atoms with Crippen molar-refractivity contribution in [2.75, 3.05) is 11.9 Å². The molecule has 1 unspecified atom stereocenters. The lowest BCUT2D eigenvalue weighted by Gasteiger charge is -2.26. The Kier molecular flexibility index (Phi) is 4.86. The van der Waals surface area contributed by atoms with Crippen molar-refractivity contribution in [3.8, 4) is 5.75 Å². The molecule has 0 N–H and O–H groups in total. The Morgan fingerprint density at radius 1 is 0.885 bits per heavy atom. The van der Waals surface area contributed by atoms with E-state index >= 15 is 0 Å². The Bertz CT molecular complexity index is 976. The summed E-state index contributed by atoms with van der Waals surface area (Å²) in [5.74, 6) is 0.829. The number of ether oxygens (including phenoxy) is 1. The summed E-state index contributed by atoms with van der Waals surface area (Å²) in [5, 5.41) is 4.82. The lowest BCUT2D eigenvalue weighted by Crippen LogP contribution is -2.15. The van der Waals surface area contributed by atoms with Gasteiger partial charge in [-0.15, -0.1) is 0 Å². The van der Waals surface area contributed by atoms with Crippen LogP contribution in [-0.4, -0.2) is 12.2 Å². The predicted molar refractivity (Wildman–Crippen MR) is 116 cm³/mol. The normalized spacial score (nSPS) is 19.3. The Morgan fingerprint density at radius 3 is 2.12 bits per heavy atom. The van der Waals surface area contributed by atoms with E-state index < -0.39 is 5.39 Å². The van der Waals surface area contributed by atoms with Crippen molar-refractivity contribution in [3.05, 3.63) is 90.5 Å². The van der Waals surface area contributed by atoms with Gasteiger partial charge in [-0.25, -0.2) is 4.78 Å². The summed E-state index contributed by atoms with van der Waals surface area (Å²) in [5.41, 5.74) is 2.11. The Labute approximate surface area is 162 Å². The fourth-order valence-electron chi connectivity index (χ4n) is 2.71. The van der Waals surface area contributed by atoms with E-state index in [4.69, 9.17) is 21.6 Å². The molecule has 1 heterocycles. The van der Waals surface area contributed by atoms with E-state index in [0.717, 1.165) is 27.3 Å². The molecule has 4 rings (SSSR count). The van der Waals surface area contributed by atoms with E-state index in [0.29, 0.717) is 0 Å². The highest BCUT2D eigenvalue weighted by Gasteiger charge is 2.37. The molecule has 1 atom stereocenters. The third kappa shape index (κ3) is 3.18. The largest absolute Gasteiger partial charge is 0.497 e. The van der Waals surface area contributed by atoms with Crippen LogP contribution in [0.2, 0.25) is 0 Å². The van der Waals surface area contributed by atoms with Crippen LogP contribution in [0.1, 0.15) is 5.56 Å². The quantitative estimate of drug-likeness (QED) is 0.563. The summed E-state index contributed by atoms with van der Waals surface area (Å²) in [6.45, 7) is 0. The molecule has 0 spiro atoms. The Balaban J connectivity index is 1.81. The summed E-state index contributed by atoms with van der Waals surface area (Å²) in [6.07, 6.45) is 0. The number of hydrogen-bond acceptors (Lipinski definition) is 4. The summed E-state index contributed by atoms with van der Waals surface area (Å²) in [4.78, 5) is 0. The molecule has 0 aliphatic carbocycles. The van der Waals surface area contributed by atoms with Crippen LogP contribution in [0.15, 0.2) is 90.0 Å². The molecule has 0 bridgehead atoms. The predicted octanol–water partition coefficient (Wildman–Crippen LogP) is 5.25. The van der Waals surface area contributed by atoms with Gasteiger partial charge in [0.25, 0.3) is 0 Å². The molecule has 0 saturated carbocycles. The highest BCUT2D eigenvalue weighted by atomic mass is 32.9. The molecule has 3 aromatic rings. The molecule has 1 aliphatic heterocycles. The van der Waals surface area contributed by atoms with Gasteiger partial charge in [-0.3, -0.25) is 0 Å². The number of methoxy groups -OCH3 is 1. The molecule has 0 amide bonds. The minimum atomic E-state index is -2.18. The van der Waals surface area contributed by atoms with E-state index in [-0.39, 0.29) is 0 Å². The van der Waals surface area contributed by atoms with Gasteiger partial charge in [0.05, 0.1) is 12.8 Å². The van der Waals surface area contributed by atoms with Crippen molar-refractivity contribution < 1.29 is 4.74 Å². The summed E-state index contributed by atoms with van der Waals surface area (Å²) in [6, 6.07) is 28.4. The van der Waals surface area contributed by atoms with Gasteiger partial charge in [0.15, 0.2) is 0 Å². The van der Waals surface area contributed by atoms with Crippen molar-refractivity contribution in [1.29, 1.82) is 0 Å². The Hall–Kier alpha value is -2.07. The molecular formula is C20H17N2OPS2. The number of hydrogen-bond donors (Lipinski definition) is 0. The lowest BCUT2D eigenvalue weighted by atomic mass is 10.2. The van der Waals surface area contributed by atoms with E-state index in [1.54, 1.807) is 18.5 Å². The first-order valence-corrected chi connectivity index (χ1v) is 12.3. The molecule has 0 fully saturated rings. The van der Waals surface area contributed by atoms with Crippen molar-refractivity contribution in [2.24, 2.45) is 5.10 Å². The maximum atomic E-state index is 6.24. The standard InChI is InChI=1S/C20H17N2OPS2/c1-23-18-12-14-19(15-13-18)24(25)22(17-10-6-3-7-11-17)21-20(26-24)16-8-4-2-5-9-16/h2-15H,1H3. The number of para-hydroxylation sites is 1. The van der Waals surface area contributed by atoms with E-state index in [2.05, 4.69) is 36.4 Å². The molecule has 3 aromatic carbocycles. The molecule has 0 radical (unpaired) electrons. The van der Waals surface area contributed by atoms with Gasteiger partial charge in [0, 0.05) is 10.9 Å². The van der Waals surface area contributed by atoms with E-state index in [9.17, 15) is 0 Å². The maximum Gasteiger partial charge on any atom is 0.144 e. The van der Waals surface area contributed by atoms with Crippen molar-refractivity contribution in [3.63, 3.8) is 0 Å². The van der Waals surface area contributed by atoms with Crippen molar-refractivity contribution >= 4 is 44.6 Å². The zero-order valence-corrected chi connectivity index (χ0v) is 16.7. The number of rotatable bonds is 4. The molecule has 0 aromatic heterocycles. The van der Waals surface area contributed by atoms with Gasteiger partial charge in [-0.1, -0.05) is 60.3 Å². The smallest absolute Gasteiger partial charge is 0.144 e. The lowest BCUT2D eigenvalue weighted by molar-refractivity contribution is 0.415. The fraction of sp³-hybridized carbons (Fsp3) is 0.0500. The number of nitrogens with zero attached hydrogens (tertiary/aromatic N) is 2. The second-order valence-corrected chi connectivity index (χ2v) is 12.6. The number of anilines is 1. The van der Waals surface area contributed by atoms with Crippen LogP contribution >= 0.6 is 16.8 Å². The minimum Gasteiger partial charge on any atom is -0.497 e. The van der Waals surface area contributed by atoms with Gasteiger partial charge in [0.1, 0.15) is 16.2 Å². The number of hydrazone groups is 1. The Morgan fingerprint density at radius 2 is 1.50 bits per heavy atom. The van der Waals surface area contributed by atoms with Crippen LogP contribution < -0.4 is 14.8 Å². The van der Waals surface area contributed by atoms with Crippen LogP contribution in [-0.2, 0) is 11.8 Å². The molecule has 0 saturated heterocycles. The molecule has 3 nitrogen and oxygen atoms in total. The zero-order valence-electron chi connectivity index (χ0n) is 14.1. The van der Waals surface area contributed by atoms with Crippen molar-refractivity contribution in [1.82, 2.24) is 0 Å². The van der Waals surface area contributed by atoms with Gasteiger partial charge < -0.3 is 4.74 Å². The van der Waals surface area contributed by atoms with Crippen LogP contribution in [0, 0.1) is 0 Å². The first-order chi connectivity index (χ1) is 12.7. The summed E-state index contributed by atoms with van der Waals surface area (Å²) < 4.78 is 7.33. The third-order valence-corrected chi connectivity index (χ3v) is 10.7. The maximum absolute atomic E-state index is 6.24. The molecule has 130 valence electrons. The second-order valence-electron chi connectivity index (χ2n) is 5.71. The molecular weight excluding hydrogens is 379 g/mol. The van der Waals surface area contributed by atoms with Crippen LogP contribution in [0.3, 0.4) is 0 Å². The van der Waals surface area contributed by atoms with Gasteiger partial charge in [-0.2, -0.15) is 5.10 Å². The van der Waals surface area contributed by atoms with Gasteiger partial charge in [-0.05, 0) is 47.8 Å². The topological polar surface area (TPSA) is 24.8 Å². The fourth-order valence-corrected chi connectivity index (χ4v) is 8.77. The first kappa shape index (κ1) is 17.3. The number of benzene rings is 3. The average Bonchev–Trinajstić information content (AvgIpc) is 3.08. The zero-order chi connectivity index (χ0) is 18.0. The van der Waals surface area contributed by atoms with Gasteiger partial charge >= 0.3 is 0 Å². The van der Waals surface area contributed by atoms with E-state index in [1.807, 2.05) is 53.3 Å². The highest BCUT2D eigenvalue weighted by Crippen LogP contribution is 2.67. The monoisotopic (exact) mass is 396 g/mol. The van der Waals surface area contributed by atoms with Crippen LogP contribution in [0.5, 0.6) is 5.75 Å². The van der Waals surface area contributed by atoms with Crippen LogP contribution in [0.25, 0.3) is 0 Å². The first-order valence-electron chi connectivity index (χ1n) is 8.15.